The summed E-state index contributed by atoms with van der Waals surface area (Å²) in [5, 5.41) is 3.74. The van der Waals surface area contributed by atoms with E-state index < -0.39 is 0 Å². The van der Waals surface area contributed by atoms with Gasteiger partial charge in [-0.25, -0.2) is 4.39 Å². The van der Waals surface area contributed by atoms with Crippen LogP contribution in [0.5, 0.6) is 5.75 Å². The first-order valence-corrected chi connectivity index (χ1v) is 7.44. The Morgan fingerprint density at radius 2 is 2.10 bits per heavy atom. The van der Waals surface area contributed by atoms with Crippen molar-refractivity contribution in [2.45, 2.75) is 12.5 Å². The first kappa shape index (κ1) is 13.7. The van der Waals surface area contributed by atoms with Crippen LogP contribution in [-0.4, -0.2) is 6.61 Å². The number of hydrogen-bond donors (Lipinski definition) is 1. The lowest BCUT2D eigenvalue weighted by Gasteiger charge is -2.28. The van der Waals surface area contributed by atoms with Crippen LogP contribution >= 0.6 is 27.5 Å². The Morgan fingerprint density at radius 3 is 2.90 bits per heavy atom. The van der Waals surface area contributed by atoms with Crippen molar-refractivity contribution in [3.63, 3.8) is 0 Å². The summed E-state index contributed by atoms with van der Waals surface area (Å²) in [6.07, 6.45) is 0.831. The number of rotatable bonds is 2. The van der Waals surface area contributed by atoms with Crippen molar-refractivity contribution in [2.24, 2.45) is 0 Å². The van der Waals surface area contributed by atoms with E-state index in [-0.39, 0.29) is 11.9 Å². The van der Waals surface area contributed by atoms with Crippen LogP contribution in [0.1, 0.15) is 18.0 Å². The summed E-state index contributed by atoms with van der Waals surface area (Å²) in [4.78, 5) is 0. The number of fused-ring (bicyclic) bond motifs is 1. The summed E-state index contributed by atoms with van der Waals surface area (Å²) in [6.45, 7) is 0.644. The molecular weight excluding hydrogens is 345 g/mol. The first-order valence-electron chi connectivity index (χ1n) is 6.27. The Kier molecular flexibility index (Phi) is 3.85. The molecule has 1 atom stereocenters. The van der Waals surface area contributed by atoms with Gasteiger partial charge in [0.25, 0.3) is 0 Å². The van der Waals surface area contributed by atoms with Crippen LogP contribution in [0.2, 0.25) is 5.02 Å². The van der Waals surface area contributed by atoms with E-state index in [2.05, 4.69) is 21.2 Å². The predicted octanol–water partition coefficient (Wildman–Crippen LogP) is 5.18. The Hall–Kier alpha value is -1.26. The standard InChI is InChI=1S/C15H12BrClFNO/c16-9-1-4-15-11(7-9)13(5-6-20-15)19-14-3-2-10(18)8-12(14)17/h1-4,7-8,13,19H,5-6H2. The molecule has 1 aliphatic heterocycles. The van der Waals surface area contributed by atoms with Gasteiger partial charge in [0.15, 0.2) is 0 Å². The summed E-state index contributed by atoms with van der Waals surface area (Å²) >= 11 is 9.53. The van der Waals surface area contributed by atoms with E-state index in [1.54, 1.807) is 6.07 Å². The smallest absolute Gasteiger partial charge is 0.124 e. The molecule has 0 spiro atoms. The van der Waals surface area contributed by atoms with Crippen molar-refractivity contribution in [2.75, 3.05) is 11.9 Å². The van der Waals surface area contributed by atoms with Crippen molar-refractivity contribution in [3.05, 3.63) is 57.3 Å². The molecule has 1 aliphatic rings. The van der Waals surface area contributed by atoms with Crippen LogP contribution in [0.25, 0.3) is 0 Å². The molecule has 0 saturated heterocycles. The molecule has 0 radical (unpaired) electrons. The highest BCUT2D eigenvalue weighted by Gasteiger charge is 2.22. The van der Waals surface area contributed by atoms with Gasteiger partial charge in [-0.2, -0.15) is 0 Å². The van der Waals surface area contributed by atoms with Crippen LogP contribution in [0.3, 0.4) is 0 Å². The lowest BCUT2D eigenvalue weighted by Crippen LogP contribution is -2.20. The molecule has 20 heavy (non-hydrogen) atoms. The molecule has 0 bridgehead atoms. The van der Waals surface area contributed by atoms with E-state index in [0.29, 0.717) is 11.6 Å². The maximum atomic E-state index is 13.1. The first-order chi connectivity index (χ1) is 9.63. The molecule has 1 N–H and O–H groups in total. The van der Waals surface area contributed by atoms with E-state index in [0.717, 1.165) is 27.9 Å². The molecule has 3 rings (SSSR count). The molecule has 0 aliphatic carbocycles. The Bertz CT molecular complexity index is 650. The van der Waals surface area contributed by atoms with Gasteiger partial charge in [-0.05, 0) is 36.4 Å². The highest BCUT2D eigenvalue weighted by molar-refractivity contribution is 9.10. The zero-order valence-corrected chi connectivity index (χ0v) is 12.8. The monoisotopic (exact) mass is 355 g/mol. The van der Waals surface area contributed by atoms with Crippen molar-refractivity contribution >= 4 is 33.2 Å². The van der Waals surface area contributed by atoms with Crippen LogP contribution in [0.15, 0.2) is 40.9 Å². The third kappa shape index (κ3) is 2.76. The molecule has 0 fully saturated rings. The van der Waals surface area contributed by atoms with Crippen LogP contribution in [0, 0.1) is 5.82 Å². The molecule has 1 unspecified atom stereocenters. The molecule has 2 aromatic rings. The molecule has 2 nitrogen and oxygen atoms in total. The minimum atomic E-state index is -0.337. The van der Waals surface area contributed by atoms with E-state index >= 15 is 0 Å². The summed E-state index contributed by atoms with van der Waals surface area (Å²) in [5.41, 5.74) is 1.80. The number of ether oxygens (including phenoxy) is 1. The highest BCUT2D eigenvalue weighted by atomic mass is 79.9. The van der Waals surface area contributed by atoms with Crippen LogP contribution in [0.4, 0.5) is 10.1 Å². The average Bonchev–Trinajstić information content (AvgIpc) is 2.42. The second kappa shape index (κ2) is 5.62. The fourth-order valence-corrected chi connectivity index (χ4v) is 2.91. The van der Waals surface area contributed by atoms with E-state index in [1.807, 2.05) is 18.2 Å². The Balaban J connectivity index is 1.91. The van der Waals surface area contributed by atoms with Crippen molar-refractivity contribution in [1.29, 1.82) is 0 Å². The largest absolute Gasteiger partial charge is 0.493 e. The zero-order valence-electron chi connectivity index (χ0n) is 10.5. The second-order valence-corrected chi connectivity index (χ2v) is 5.96. The van der Waals surface area contributed by atoms with Gasteiger partial charge in [-0.15, -0.1) is 0 Å². The third-order valence-electron chi connectivity index (χ3n) is 3.27. The molecule has 0 aromatic heterocycles. The van der Waals surface area contributed by atoms with Crippen molar-refractivity contribution < 1.29 is 9.13 Å². The molecule has 1 heterocycles. The van der Waals surface area contributed by atoms with E-state index in [9.17, 15) is 4.39 Å². The fraction of sp³-hybridized carbons (Fsp3) is 0.200. The third-order valence-corrected chi connectivity index (χ3v) is 4.08. The number of nitrogens with one attached hydrogen (secondary N) is 1. The van der Waals surface area contributed by atoms with Gasteiger partial charge in [0.2, 0.25) is 0 Å². The molecule has 2 aromatic carbocycles. The van der Waals surface area contributed by atoms with Crippen LogP contribution < -0.4 is 10.1 Å². The highest BCUT2D eigenvalue weighted by Crippen LogP contribution is 2.37. The maximum Gasteiger partial charge on any atom is 0.124 e. The van der Waals surface area contributed by atoms with E-state index in [4.69, 9.17) is 16.3 Å². The van der Waals surface area contributed by atoms with Gasteiger partial charge in [0.05, 0.1) is 23.4 Å². The average molecular weight is 357 g/mol. The van der Waals surface area contributed by atoms with Gasteiger partial charge in [0, 0.05) is 16.5 Å². The van der Waals surface area contributed by atoms with Gasteiger partial charge in [0.1, 0.15) is 11.6 Å². The normalized spacial score (nSPS) is 17.2. The Morgan fingerprint density at radius 1 is 1.25 bits per heavy atom. The minimum Gasteiger partial charge on any atom is -0.493 e. The summed E-state index contributed by atoms with van der Waals surface area (Å²) in [6, 6.07) is 10.4. The maximum absolute atomic E-state index is 13.1. The molecular formula is C15H12BrClFNO. The molecule has 0 saturated carbocycles. The lowest BCUT2D eigenvalue weighted by atomic mass is 10.0. The lowest BCUT2D eigenvalue weighted by molar-refractivity contribution is 0.274. The zero-order chi connectivity index (χ0) is 14.1. The Labute approximate surface area is 130 Å². The molecule has 5 heteroatoms. The van der Waals surface area contributed by atoms with E-state index in [1.165, 1.54) is 12.1 Å². The number of hydrogen-bond acceptors (Lipinski definition) is 2. The van der Waals surface area contributed by atoms with Crippen molar-refractivity contribution in [3.8, 4) is 5.75 Å². The van der Waals surface area contributed by atoms with Gasteiger partial charge >= 0.3 is 0 Å². The minimum absolute atomic E-state index is 0.0965. The number of benzene rings is 2. The predicted molar refractivity (Wildman–Crippen MR) is 82.0 cm³/mol. The summed E-state index contributed by atoms with van der Waals surface area (Å²) in [5.74, 6) is 0.533. The van der Waals surface area contributed by atoms with Crippen molar-refractivity contribution in [1.82, 2.24) is 0 Å². The topological polar surface area (TPSA) is 21.3 Å². The SMILES string of the molecule is Fc1ccc(NC2CCOc3ccc(Br)cc32)c(Cl)c1. The summed E-state index contributed by atoms with van der Waals surface area (Å²) in [7, 11) is 0. The number of anilines is 1. The second-order valence-electron chi connectivity index (χ2n) is 4.64. The van der Waals surface area contributed by atoms with Gasteiger partial charge < -0.3 is 10.1 Å². The van der Waals surface area contributed by atoms with Gasteiger partial charge in [-0.3, -0.25) is 0 Å². The molecule has 0 amide bonds. The molecule has 104 valence electrons. The number of halogens is 3. The summed E-state index contributed by atoms with van der Waals surface area (Å²) < 4.78 is 19.7. The van der Waals surface area contributed by atoms with Gasteiger partial charge in [-0.1, -0.05) is 27.5 Å². The van der Waals surface area contributed by atoms with Crippen LogP contribution in [-0.2, 0) is 0 Å². The quantitative estimate of drug-likeness (QED) is 0.801. The fourth-order valence-electron chi connectivity index (χ4n) is 2.31.